The number of hydrogen-bond donors (Lipinski definition) is 1. The molecule has 6 nitrogen and oxygen atoms in total. The molecular formula is C23H21FN4O2. The smallest absolute Gasteiger partial charge is 0.266 e. The molecule has 2 heterocycles. The maximum absolute atomic E-state index is 13.0. The van der Waals surface area contributed by atoms with Crippen molar-refractivity contribution in [1.82, 2.24) is 19.3 Å². The topological polar surface area (TPSA) is 72.7 Å². The van der Waals surface area contributed by atoms with Crippen molar-refractivity contribution in [3.63, 3.8) is 0 Å². The van der Waals surface area contributed by atoms with E-state index in [4.69, 9.17) is 0 Å². The molecule has 4 aromatic rings. The quantitative estimate of drug-likeness (QED) is 0.556. The Hall–Kier alpha value is -3.74. The normalized spacial score (nSPS) is 11.0. The summed E-state index contributed by atoms with van der Waals surface area (Å²) in [6.45, 7) is 4.11. The lowest BCUT2D eigenvalue weighted by Gasteiger charge is -2.10. The van der Waals surface area contributed by atoms with Crippen molar-refractivity contribution in [3.05, 3.63) is 116 Å². The van der Waals surface area contributed by atoms with Gasteiger partial charge in [0.25, 0.3) is 11.1 Å². The molecule has 0 atom stereocenters. The summed E-state index contributed by atoms with van der Waals surface area (Å²) in [6, 6.07) is 13.1. The number of hydrogen-bond acceptors (Lipinski definition) is 3. The van der Waals surface area contributed by atoms with Gasteiger partial charge < -0.3 is 4.57 Å². The number of H-pyrrole nitrogens is 1. The van der Waals surface area contributed by atoms with E-state index in [1.807, 2.05) is 42.8 Å². The number of aryl methyl sites for hydroxylation is 2. The number of nitrogens with one attached hydrogen (secondary N) is 1. The molecule has 0 radical (unpaired) electrons. The van der Waals surface area contributed by atoms with E-state index < -0.39 is 0 Å². The van der Waals surface area contributed by atoms with Gasteiger partial charge >= 0.3 is 0 Å². The molecule has 0 unspecified atom stereocenters. The van der Waals surface area contributed by atoms with Crippen LogP contribution in [0.1, 0.15) is 27.9 Å². The second kappa shape index (κ2) is 7.94. The van der Waals surface area contributed by atoms with E-state index in [9.17, 15) is 14.0 Å². The third-order valence-electron chi connectivity index (χ3n) is 4.99. The first kappa shape index (κ1) is 19.6. The number of aromatic nitrogens is 4. The van der Waals surface area contributed by atoms with Crippen LogP contribution in [0, 0.1) is 19.7 Å². The van der Waals surface area contributed by atoms with E-state index in [0.717, 1.165) is 28.1 Å². The number of rotatable bonds is 5. The monoisotopic (exact) mass is 404 g/mol. The lowest BCUT2D eigenvalue weighted by Crippen LogP contribution is -2.31. The highest BCUT2D eigenvalue weighted by atomic mass is 19.1. The van der Waals surface area contributed by atoms with Gasteiger partial charge in [0.1, 0.15) is 5.82 Å². The van der Waals surface area contributed by atoms with Crippen molar-refractivity contribution >= 4 is 0 Å². The van der Waals surface area contributed by atoms with Crippen molar-refractivity contribution in [3.8, 4) is 5.69 Å². The first-order chi connectivity index (χ1) is 14.4. The fourth-order valence-electron chi connectivity index (χ4n) is 3.45. The Morgan fingerprint density at radius 3 is 2.40 bits per heavy atom. The highest BCUT2D eigenvalue weighted by molar-refractivity contribution is 5.44. The molecule has 7 heteroatoms. The molecule has 30 heavy (non-hydrogen) atoms. The largest absolute Gasteiger partial charge is 0.306 e. The molecule has 0 aliphatic rings. The van der Waals surface area contributed by atoms with E-state index in [0.29, 0.717) is 12.0 Å². The molecule has 2 aromatic carbocycles. The van der Waals surface area contributed by atoms with E-state index in [-0.39, 0.29) is 23.5 Å². The summed E-state index contributed by atoms with van der Waals surface area (Å²) in [5.41, 5.74) is 4.44. The molecule has 0 aliphatic carbocycles. The predicted octanol–water partition coefficient (Wildman–Crippen LogP) is 3.12. The van der Waals surface area contributed by atoms with Gasteiger partial charge in [0.05, 0.1) is 18.6 Å². The number of benzene rings is 2. The Morgan fingerprint density at radius 1 is 1.00 bits per heavy atom. The minimum atomic E-state index is -0.348. The summed E-state index contributed by atoms with van der Waals surface area (Å²) in [5, 5.41) is 2.62. The summed E-state index contributed by atoms with van der Waals surface area (Å²) in [5.74, 6) is -0.348. The molecule has 4 rings (SSSR count). The third kappa shape index (κ3) is 4.15. The highest BCUT2D eigenvalue weighted by Crippen LogP contribution is 2.17. The lowest BCUT2D eigenvalue weighted by atomic mass is 10.0. The molecule has 0 amide bonds. The van der Waals surface area contributed by atoms with E-state index >= 15 is 0 Å². The lowest BCUT2D eigenvalue weighted by molar-refractivity contribution is 0.612. The fraction of sp³-hybridized carbons (Fsp3) is 0.174. The van der Waals surface area contributed by atoms with Gasteiger partial charge in [-0.1, -0.05) is 24.3 Å². The predicted molar refractivity (Wildman–Crippen MR) is 113 cm³/mol. The number of halogens is 1. The van der Waals surface area contributed by atoms with Gasteiger partial charge in [-0.2, -0.15) is 0 Å². The average molecular weight is 404 g/mol. The van der Waals surface area contributed by atoms with Gasteiger partial charge in [0.15, 0.2) is 0 Å². The standard InChI is InChI=1S/C23H21FN4O2/c1-15-9-18(5-8-21(15)27-12-16(2)25-14-27)10-19-11-22(29)28(26-23(19)30)13-17-3-6-20(24)7-4-17/h3-9,11-12,14H,10,13H2,1-2H3,(H,26,30). The molecule has 0 fully saturated rings. The second-order valence-electron chi connectivity index (χ2n) is 7.38. The van der Waals surface area contributed by atoms with Crippen LogP contribution in [0.25, 0.3) is 5.69 Å². The Morgan fingerprint density at radius 2 is 1.73 bits per heavy atom. The summed E-state index contributed by atoms with van der Waals surface area (Å²) < 4.78 is 16.2. The van der Waals surface area contributed by atoms with Gasteiger partial charge in [-0.3, -0.25) is 14.7 Å². The molecule has 0 spiro atoms. The zero-order valence-electron chi connectivity index (χ0n) is 16.7. The first-order valence-corrected chi connectivity index (χ1v) is 9.57. The minimum absolute atomic E-state index is 0.173. The van der Waals surface area contributed by atoms with E-state index in [1.165, 1.54) is 22.9 Å². The van der Waals surface area contributed by atoms with Crippen LogP contribution >= 0.6 is 0 Å². The van der Waals surface area contributed by atoms with Crippen LogP contribution in [0.5, 0.6) is 0 Å². The molecule has 0 bridgehead atoms. The van der Waals surface area contributed by atoms with Crippen LogP contribution in [0.3, 0.4) is 0 Å². The summed E-state index contributed by atoms with van der Waals surface area (Å²) in [4.78, 5) is 29.2. The van der Waals surface area contributed by atoms with Crippen LogP contribution in [0.15, 0.2) is 70.6 Å². The van der Waals surface area contributed by atoms with Crippen LogP contribution < -0.4 is 11.1 Å². The molecular weight excluding hydrogens is 383 g/mol. The summed E-state index contributed by atoms with van der Waals surface area (Å²) >= 11 is 0. The molecule has 152 valence electrons. The van der Waals surface area contributed by atoms with Gasteiger partial charge in [-0.15, -0.1) is 0 Å². The Balaban J connectivity index is 1.57. The van der Waals surface area contributed by atoms with Crippen molar-refractivity contribution in [2.24, 2.45) is 0 Å². The van der Waals surface area contributed by atoms with Crippen molar-refractivity contribution in [2.75, 3.05) is 0 Å². The number of aromatic amines is 1. The Labute approximate surface area is 172 Å². The average Bonchev–Trinajstić information content (AvgIpc) is 3.13. The first-order valence-electron chi connectivity index (χ1n) is 9.57. The molecule has 1 N–H and O–H groups in total. The van der Waals surface area contributed by atoms with Crippen molar-refractivity contribution < 1.29 is 4.39 Å². The number of nitrogens with zero attached hydrogens (tertiary/aromatic N) is 3. The SMILES string of the molecule is Cc1cn(-c2ccc(Cc3cc(=O)n(Cc4ccc(F)cc4)[nH]c3=O)cc2C)cn1. The summed E-state index contributed by atoms with van der Waals surface area (Å²) in [7, 11) is 0. The van der Waals surface area contributed by atoms with Crippen LogP contribution in [0.4, 0.5) is 4.39 Å². The maximum atomic E-state index is 13.0. The Kier molecular flexibility index (Phi) is 5.18. The zero-order chi connectivity index (χ0) is 21.3. The van der Waals surface area contributed by atoms with Crippen LogP contribution in [-0.2, 0) is 13.0 Å². The van der Waals surface area contributed by atoms with Crippen LogP contribution in [-0.4, -0.2) is 19.3 Å². The van der Waals surface area contributed by atoms with Crippen molar-refractivity contribution in [1.29, 1.82) is 0 Å². The fourth-order valence-corrected chi connectivity index (χ4v) is 3.45. The Bertz CT molecular complexity index is 1320. The molecule has 2 aromatic heterocycles. The number of imidazole rings is 1. The van der Waals surface area contributed by atoms with Crippen molar-refractivity contribution in [2.45, 2.75) is 26.8 Å². The maximum Gasteiger partial charge on any atom is 0.266 e. The highest BCUT2D eigenvalue weighted by Gasteiger charge is 2.09. The molecule has 0 saturated carbocycles. The van der Waals surface area contributed by atoms with Gasteiger partial charge in [-0.25, -0.2) is 14.1 Å². The summed E-state index contributed by atoms with van der Waals surface area (Å²) in [6.07, 6.45) is 4.07. The van der Waals surface area contributed by atoms with Gasteiger partial charge in [0.2, 0.25) is 0 Å². The van der Waals surface area contributed by atoms with E-state index in [2.05, 4.69) is 10.1 Å². The van der Waals surface area contributed by atoms with Gasteiger partial charge in [0, 0.05) is 29.9 Å². The third-order valence-corrected chi connectivity index (χ3v) is 4.99. The zero-order valence-corrected chi connectivity index (χ0v) is 16.7. The van der Waals surface area contributed by atoms with E-state index in [1.54, 1.807) is 18.5 Å². The second-order valence-corrected chi connectivity index (χ2v) is 7.38. The minimum Gasteiger partial charge on any atom is -0.306 e. The molecule has 0 saturated heterocycles. The van der Waals surface area contributed by atoms with Gasteiger partial charge in [-0.05, 0) is 48.7 Å². The van der Waals surface area contributed by atoms with Crippen LogP contribution in [0.2, 0.25) is 0 Å². The molecule has 0 aliphatic heterocycles.